The molecule has 0 saturated carbocycles. The fraction of sp³-hybridized carbons (Fsp3) is 0.389. The van der Waals surface area contributed by atoms with Crippen molar-refractivity contribution in [2.75, 3.05) is 11.9 Å². The molecular weight excluding hydrogens is 311 g/mol. The molecule has 0 bridgehead atoms. The molecule has 1 N–H and O–H groups in total. The first-order valence-electron chi connectivity index (χ1n) is 8.03. The number of allylic oxidation sites excluding steroid dienone is 2. The molecule has 1 heterocycles. The monoisotopic (exact) mass is 330 g/mol. The standard InChI is InChI=1S/C18H19FN2O3/c1-11-6-7-12(19)10-15(11)20-16(22)8-9-21-17(23)13-4-2-3-5-14(13)18(21)24/h2-3,6-7,10,13-14H,4-5,8-9H2,1H3,(H,20,22). The van der Waals surface area contributed by atoms with Crippen molar-refractivity contribution in [1.82, 2.24) is 4.90 Å². The minimum Gasteiger partial charge on any atom is -0.326 e. The summed E-state index contributed by atoms with van der Waals surface area (Å²) in [6.45, 7) is 1.82. The van der Waals surface area contributed by atoms with Crippen LogP contribution in [0.5, 0.6) is 0 Å². The molecule has 1 saturated heterocycles. The smallest absolute Gasteiger partial charge is 0.233 e. The van der Waals surface area contributed by atoms with Gasteiger partial charge in [0.05, 0.1) is 11.8 Å². The highest BCUT2D eigenvalue weighted by atomic mass is 19.1. The number of anilines is 1. The molecule has 2 aliphatic rings. The van der Waals surface area contributed by atoms with Crippen molar-refractivity contribution >= 4 is 23.4 Å². The van der Waals surface area contributed by atoms with E-state index in [1.165, 1.54) is 17.0 Å². The number of hydrogen-bond acceptors (Lipinski definition) is 3. The molecule has 5 nitrogen and oxygen atoms in total. The number of amides is 3. The number of likely N-dealkylation sites (tertiary alicyclic amines) is 1. The number of nitrogens with one attached hydrogen (secondary N) is 1. The van der Waals surface area contributed by atoms with E-state index in [0.29, 0.717) is 18.5 Å². The van der Waals surface area contributed by atoms with Gasteiger partial charge in [0.15, 0.2) is 0 Å². The summed E-state index contributed by atoms with van der Waals surface area (Å²) in [7, 11) is 0. The van der Waals surface area contributed by atoms with Gasteiger partial charge in [-0.25, -0.2) is 4.39 Å². The third-order valence-corrected chi connectivity index (χ3v) is 4.64. The zero-order chi connectivity index (χ0) is 17.3. The second-order valence-electron chi connectivity index (χ2n) is 6.24. The molecule has 2 unspecified atom stereocenters. The summed E-state index contributed by atoms with van der Waals surface area (Å²) >= 11 is 0. The number of carbonyl (C=O) groups is 3. The number of halogens is 1. The van der Waals surface area contributed by atoms with Crippen molar-refractivity contribution < 1.29 is 18.8 Å². The third-order valence-electron chi connectivity index (χ3n) is 4.64. The Morgan fingerprint density at radius 1 is 1.21 bits per heavy atom. The van der Waals surface area contributed by atoms with Gasteiger partial charge in [-0.15, -0.1) is 0 Å². The lowest BCUT2D eigenvalue weighted by atomic mass is 9.85. The van der Waals surface area contributed by atoms with Gasteiger partial charge in [-0.2, -0.15) is 0 Å². The van der Waals surface area contributed by atoms with Gasteiger partial charge in [-0.1, -0.05) is 18.2 Å². The van der Waals surface area contributed by atoms with Crippen molar-refractivity contribution in [3.8, 4) is 0 Å². The lowest BCUT2D eigenvalue weighted by Crippen LogP contribution is -2.34. The van der Waals surface area contributed by atoms with E-state index in [2.05, 4.69) is 5.32 Å². The Morgan fingerprint density at radius 3 is 2.46 bits per heavy atom. The third kappa shape index (κ3) is 3.09. The molecule has 6 heteroatoms. The molecule has 1 aliphatic heterocycles. The van der Waals surface area contributed by atoms with Crippen molar-refractivity contribution in [1.29, 1.82) is 0 Å². The maximum absolute atomic E-state index is 13.2. The van der Waals surface area contributed by atoms with Crippen LogP contribution in [0.1, 0.15) is 24.8 Å². The molecule has 0 spiro atoms. The number of benzene rings is 1. The lowest BCUT2D eigenvalue weighted by Gasteiger charge is -2.15. The first-order valence-corrected chi connectivity index (χ1v) is 8.03. The summed E-state index contributed by atoms with van der Waals surface area (Å²) in [5.41, 5.74) is 1.15. The zero-order valence-electron chi connectivity index (χ0n) is 13.4. The molecule has 0 radical (unpaired) electrons. The van der Waals surface area contributed by atoms with Crippen LogP contribution in [0.4, 0.5) is 10.1 Å². The number of carbonyl (C=O) groups excluding carboxylic acids is 3. The highest BCUT2D eigenvalue weighted by molar-refractivity contribution is 6.05. The van der Waals surface area contributed by atoms with Crippen molar-refractivity contribution in [3.05, 3.63) is 41.7 Å². The summed E-state index contributed by atoms with van der Waals surface area (Å²) < 4.78 is 13.2. The second kappa shape index (κ2) is 6.55. The first-order chi connectivity index (χ1) is 11.5. The summed E-state index contributed by atoms with van der Waals surface area (Å²) in [5, 5.41) is 2.63. The van der Waals surface area contributed by atoms with Gasteiger partial charge in [0.1, 0.15) is 5.82 Å². The summed E-state index contributed by atoms with van der Waals surface area (Å²) in [6.07, 6.45) is 5.02. The fourth-order valence-corrected chi connectivity index (χ4v) is 3.24. The van der Waals surface area contributed by atoms with Crippen LogP contribution >= 0.6 is 0 Å². The average Bonchev–Trinajstić information content (AvgIpc) is 2.81. The van der Waals surface area contributed by atoms with Gasteiger partial charge in [-0.3, -0.25) is 19.3 Å². The zero-order valence-corrected chi connectivity index (χ0v) is 13.4. The Balaban J connectivity index is 1.59. The van der Waals surface area contributed by atoms with E-state index in [0.717, 1.165) is 5.56 Å². The van der Waals surface area contributed by atoms with Crippen LogP contribution in [0, 0.1) is 24.6 Å². The Hall–Kier alpha value is -2.50. The van der Waals surface area contributed by atoms with Crippen LogP contribution in [0.15, 0.2) is 30.4 Å². The fourth-order valence-electron chi connectivity index (χ4n) is 3.24. The number of hydrogen-bond donors (Lipinski definition) is 1. The number of aryl methyl sites for hydroxylation is 1. The van der Waals surface area contributed by atoms with Crippen LogP contribution in [-0.4, -0.2) is 29.2 Å². The topological polar surface area (TPSA) is 66.5 Å². The SMILES string of the molecule is Cc1ccc(F)cc1NC(=O)CCN1C(=O)C2CC=CCC2C1=O. The number of rotatable bonds is 4. The molecule has 1 aromatic rings. The van der Waals surface area contributed by atoms with Gasteiger partial charge >= 0.3 is 0 Å². The van der Waals surface area contributed by atoms with Crippen molar-refractivity contribution in [3.63, 3.8) is 0 Å². The van der Waals surface area contributed by atoms with E-state index >= 15 is 0 Å². The number of fused-ring (bicyclic) bond motifs is 1. The Bertz CT molecular complexity index is 703. The van der Waals surface area contributed by atoms with Crippen molar-refractivity contribution in [2.45, 2.75) is 26.2 Å². The normalized spacial score (nSPS) is 22.7. The molecule has 3 amide bonds. The molecule has 1 fully saturated rings. The molecule has 24 heavy (non-hydrogen) atoms. The number of nitrogens with zero attached hydrogens (tertiary/aromatic N) is 1. The molecule has 3 rings (SSSR count). The molecule has 1 aliphatic carbocycles. The predicted molar refractivity (Wildman–Crippen MR) is 86.5 cm³/mol. The lowest BCUT2D eigenvalue weighted by molar-refractivity contribution is -0.140. The summed E-state index contributed by atoms with van der Waals surface area (Å²) in [5.74, 6) is -1.73. The minimum atomic E-state index is -0.433. The van der Waals surface area contributed by atoms with E-state index < -0.39 is 5.82 Å². The molecular formula is C18H19FN2O3. The van der Waals surface area contributed by atoms with Crippen LogP contribution in [0.3, 0.4) is 0 Å². The van der Waals surface area contributed by atoms with Crippen LogP contribution in [0.25, 0.3) is 0 Å². The molecule has 0 aromatic heterocycles. The van der Waals surface area contributed by atoms with E-state index in [4.69, 9.17) is 0 Å². The molecule has 2 atom stereocenters. The van der Waals surface area contributed by atoms with Crippen molar-refractivity contribution in [2.24, 2.45) is 11.8 Å². The number of imide groups is 1. The quantitative estimate of drug-likeness (QED) is 0.681. The van der Waals surface area contributed by atoms with E-state index in [9.17, 15) is 18.8 Å². The van der Waals surface area contributed by atoms with E-state index in [1.54, 1.807) is 13.0 Å². The first kappa shape index (κ1) is 16.4. The van der Waals surface area contributed by atoms with Crippen LogP contribution in [-0.2, 0) is 14.4 Å². The van der Waals surface area contributed by atoms with Crippen LogP contribution in [0.2, 0.25) is 0 Å². The molecule has 126 valence electrons. The van der Waals surface area contributed by atoms with Gasteiger partial charge in [0.25, 0.3) is 0 Å². The summed E-state index contributed by atoms with van der Waals surface area (Å²) in [4.78, 5) is 37.9. The summed E-state index contributed by atoms with van der Waals surface area (Å²) in [6, 6.07) is 4.15. The van der Waals surface area contributed by atoms with Gasteiger partial charge in [0.2, 0.25) is 17.7 Å². The van der Waals surface area contributed by atoms with Gasteiger partial charge in [0, 0.05) is 18.7 Å². The Labute approximate surface area is 139 Å². The minimum absolute atomic E-state index is 0.000300. The Kier molecular flexibility index (Phi) is 4.46. The highest BCUT2D eigenvalue weighted by Gasteiger charge is 2.46. The van der Waals surface area contributed by atoms with Gasteiger partial charge in [-0.05, 0) is 37.5 Å². The maximum atomic E-state index is 13.2. The average molecular weight is 330 g/mol. The Morgan fingerprint density at radius 2 is 1.83 bits per heavy atom. The van der Waals surface area contributed by atoms with Crippen LogP contribution < -0.4 is 5.32 Å². The van der Waals surface area contributed by atoms with Gasteiger partial charge < -0.3 is 5.32 Å². The van der Waals surface area contributed by atoms with E-state index in [1.807, 2.05) is 12.2 Å². The van der Waals surface area contributed by atoms with E-state index in [-0.39, 0.29) is 42.5 Å². The largest absolute Gasteiger partial charge is 0.326 e. The highest BCUT2D eigenvalue weighted by Crippen LogP contribution is 2.35. The second-order valence-corrected chi connectivity index (χ2v) is 6.24. The predicted octanol–water partition coefficient (Wildman–Crippen LogP) is 2.41. The maximum Gasteiger partial charge on any atom is 0.233 e. The molecule has 1 aromatic carbocycles.